The van der Waals surface area contributed by atoms with E-state index in [4.69, 9.17) is 10.5 Å². The Hall–Kier alpha value is -3.30. The highest BCUT2D eigenvalue weighted by Gasteiger charge is 2.48. The lowest BCUT2D eigenvalue weighted by Crippen LogP contribution is -2.55. The van der Waals surface area contributed by atoms with Crippen LogP contribution in [0.4, 0.5) is 4.79 Å². The number of nitrogens with zero attached hydrogens (tertiary/aromatic N) is 1. The van der Waals surface area contributed by atoms with Gasteiger partial charge in [0.05, 0.1) is 6.42 Å². The third kappa shape index (κ3) is 8.73. The number of carbonyl (C=O) groups is 4. The molecule has 0 aliphatic heterocycles. The highest BCUT2D eigenvalue weighted by Crippen LogP contribution is 2.41. The molecular weight excluding hydrogens is 464 g/mol. The number of rotatable bonds is 12. The highest BCUT2D eigenvalue weighted by atomic mass is 16.6. The summed E-state index contributed by atoms with van der Waals surface area (Å²) in [6.07, 6.45) is 2.04. The molecule has 0 aromatic heterocycles. The van der Waals surface area contributed by atoms with Gasteiger partial charge >= 0.3 is 6.09 Å². The normalized spacial score (nSPS) is 18.5. The van der Waals surface area contributed by atoms with Crippen molar-refractivity contribution >= 4 is 23.8 Å². The van der Waals surface area contributed by atoms with Crippen molar-refractivity contribution in [3.05, 3.63) is 29.8 Å². The Kier molecular flexibility index (Phi) is 10.1. The smallest absolute Gasteiger partial charge is 0.408 e. The molecule has 0 radical (unpaired) electrons. The molecule has 5 N–H and O–H groups in total. The monoisotopic (exact) mass is 504 g/mol. The van der Waals surface area contributed by atoms with Crippen molar-refractivity contribution in [3.63, 3.8) is 0 Å². The summed E-state index contributed by atoms with van der Waals surface area (Å²) in [7, 11) is 0. The number of unbranched alkanes of at least 4 members (excludes halogenated alkanes) is 2. The van der Waals surface area contributed by atoms with Gasteiger partial charge in [-0.15, -0.1) is 0 Å². The Labute approximate surface area is 212 Å². The Morgan fingerprint density at radius 3 is 2.42 bits per heavy atom. The van der Waals surface area contributed by atoms with Crippen LogP contribution in [0.5, 0.6) is 5.75 Å². The second-order valence-corrected chi connectivity index (χ2v) is 10.4. The van der Waals surface area contributed by atoms with Gasteiger partial charge in [-0.25, -0.2) is 4.79 Å². The van der Waals surface area contributed by atoms with Crippen LogP contribution in [0.1, 0.15) is 78.3 Å². The fourth-order valence-electron chi connectivity index (χ4n) is 4.02. The molecule has 1 aliphatic carbocycles. The van der Waals surface area contributed by atoms with Crippen molar-refractivity contribution < 1.29 is 29.0 Å². The van der Waals surface area contributed by atoms with Crippen molar-refractivity contribution in [2.24, 2.45) is 11.7 Å². The molecule has 10 heteroatoms. The Bertz CT molecular complexity index is 945. The molecule has 0 spiro atoms. The number of benzene rings is 1. The predicted octanol–water partition coefficient (Wildman–Crippen LogP) is 2.75. The van der Waals surface area contributed by atoms with Gasteiger partial charge in [-0.05, 0) is 57.2 Å². The minimum atomic E-state index is -1.32. The van der Waals surface area contributed by atoms with Crippen LogP contribution in [-0.4, -0.2) is 58.1 Å². The van der Waals surface area contributed by atoms with Gasteiger partial charge in [0.2, 0.25) is 17.7 Å². The van der Waals surface area contributed by atoms with Crippen LogP contribution in [0.3, 0.4) is 0 Å². The number of phenols is 1. The average molecular weight is 505 g/mol. The number of alkyl carbamates (subject to hydrolysis) is 1. The van der Waals surface area contributed by atoms with Crippen LogP contribution >= 0.6 is 0 Å². The summed E-state index contributed by atoms with van der Waals surface area (Å²) in [5.41, 5.74) is 5.00. The predicted molar refractivity (Wildman–Crippen MR) is 135 cm³/mol. The van der Waals surface area contributed by atoms with E-state index in [0.29, 0.717) is 18.5 Å². The molecule has 0 saturated heterocycles. The average Bonchev–Trinajstić information content (AvgIpc) is 3.48. The van der Waals surface area contributed by atoms with E-state index in [1.165, 1.54) is 17.0 Å². The molecular formula is C26H40N4O6. The van der Waals surface area contributed by atoms with Crippen LogP contribution in [0.25, 0.3) is 0 Å². The summed E-state index contributed by atoms with van der Waals surface area (Å²) < 4.78 is 5.28. The summed E-state index contributed by atoms with van der Waals surface area (Å²) in [5.74, 6) is -1.75. The van der Waals surface area contributed by atoms with E-state index in [0.717, 1.165) is 19.3 Å². The van der Waals surface area contributed by atoms with Gasteiger partial charge in [-0.1, -0.05) is 38.8 Å². The Balaban J connectivity index is 2.43. The van der Waals surface area contributed by atoms with Gasteiger partial charge in [0.15, 0.2) is 0 Å². The molecule has 1 saturated carbocycles. The number of primary amides is 1. The van der Waals surface area contributed by atoms with E-state index in [-0.39, 0.29) is 17.7 Å². The second-order valence-electron chi connectivity index (χ2n) is 10.4. The van der Waals surface area contributed by atoms with Crippen molar-refractivity contribution in [3.8, 4) is 5.75 Å². The summed E-state index contributed by atoms with van der Waals surface area (Å²) in [6, 6.07) is 3.49. The summed E-state index contributed by atoms with van der Waals surface area (Å²) in [6.45, 7) is 9.48. The number of nitrogens with one attached hydrogen (secondary N) is 2. The molecule has 200 valence electrons. The number of amides is 4. The maximum absolute atomic E-state index is 13.9. The van der Waals surface area contributed by atoms with E-state index in [2.05, 4.69) is 17.6 Å². The molecule has 0 bridgehead atoms. The fraction of sp³-hybridized carbons (Fsp3) is 0.615. The van der Waals surface area contributed by atoms with Crippen molar-refractivity contribution in [1.82, 2.24) is 15.5 Å². The number of hydrogen-bond donors (Lipinski definition) is 4. The van der Waals surface area contributed by atoms with Gasteiger partial charge in [-0.2, -0.15) is 0 Å². The summed E-state index contributed by atoms with van der Waals surface area (Å²) in [4.78, 5) is 53.1. The standard InChI is InChI=1S/C26H40N4O6/c1-6-7-8-12-28-23(33)22(17-10-9-11-18(31)14-17)30(20-13-16(20)2)24(34)19(15-21(27)32)29-25(35)36-26(3,4)5/h9-11,14,16,19-20,22,31H,6-8,12-13,15H2,1-5H3,(H2,27,32)(H,28,33)(H,29,35). The maximum Gasteiger partial charge on any atom is 0.408 e. The zero-order chi connectivity index (χ0) is 27.0. The molecule has 4 amide bonds. The molecule has 0 heterocycles. The zero-order valence-corrected chi connectivity index (χ0v) is 21.9. The van der Waals surface area contributed by atoms with Gasteiger partial charge in [0, 0.05) is 12.6 Å². The molecule has 10 nitrogen and oxygen atoms in total. The van der Waals surface area contributed by atoms with Crippen LogP contribution in [-0.2, 0) is 19.1 Å². The van der Waals surface area contributed by atoms with Crippen molar-refractivity contribution in [2.75, 3.05) is 6.54 Å². The Morgan fingerprint density at radius 2 is 1.89 bits per heavy atom. The van der Waals surface area contributed by atoms with Crippen LogP contribution in [0.2, 0.25) is 0 Å². The molecule has 4 unspecified atom stereocenters. The maximum atomic E-state index is 13.9. The first kappa shape index (κ1) is 28.9. The topological polar surface area (TPSA) is 151 Å². The molecule has 4 atom stereocenters. The summed E-state index contributed by atoms with van der Waals surface area (Å²) >= 11 is 0. The summed E-state index contributed by atoms with van der Waals surface area (Å²) in [5, 5.41) is 15.5. The number of aromatic hydroxyl groups is 1. The first-order valence-corrected chi connectivity index (χ1v) is 12.5. The van der Waals surface area contributed by atoms with E-state index in [9.17, 15) is 24.3 Å². The lowest BCUT2D eigenvalue weighted by Gasteiger charge is -2.35. The number of hydrogen-bond acceptors (Lipinski definition) is 6. The van der Waals surface area contributed by atoms with Gasteiger partial charge in [-0.3, -0.25) is 14.4 Å². The third-order valence-corrected chi connectivity index (χ3v) is 5.87. The lowest BCUT2D eigenvalue weighted by atomic mass is 10.0. The van der Waals surface area contributed by atoms with Gasteiger partial charge < -0.3 is 31.1 Å². The second kappa shape index (κ2) is 12.6. The third-order valence-electron chi connectivity index (χ3n) is 5.87. The van der Waals surface area contributed by atoms with Crippen molar-refractivity contribution in [1.29, 1.82) is 0 Å². The fourth-order valence-corrected chi connectivity index (χ4v) is 4.02. The lowest BCUT2D eigenvalue weighted by molar-refractivity contribution is -0.144. The number of carbonyl (C=O) groups excluding carboxylic acids is 4. The van der Waals surface area contributed by atoms with Crippen LogP contribution in [0, 0.1) is 5.92 Å². The molecule has 1 aromatic carbocycles. The number of ether oxygens (including phenoxy) is 1. The highest BCUT2D eigenvalue weighted by molar-refractivity contribution is 5.95. The first-order valence-electron chi connectivity index (χ1n) is 12.5. The first-order chi connectivity index (χ1) is 16.8. The minimum absolute atomic E-state index is 0.0481. The number of nitrogens with two attached hydrogens (primary N) is 1. The van der Waals surface area contributed by atoms with Gasteiger partial charge in [0.25, 0.3) is 0 Å². The molecule has 1 fully saturated rings. The quantitative estimate of drug-likeness (QED) is 0.321. The van der Waals surface area contributed by atoms with Crippen LogP contribution < -0.4 is 16.4 Å². The van der Waals surface area contributed by atoms with E-state index < -0.39 is 47.9 Å². The van der Waals surface area contributed by atoms with Crippen molar-refractivity contribution in [2.45, 2.75) is 90.4 Å². The minimum Gasteiger partial charge on any atom is -0.508 e. The molecule has 2 rings (SSSR count). The zero-order valence-electron chi connectivity index (χ0n) is 21.9. The molecule has 1 aliphatic rings. The largest absolute Gasteiger partial charge is 0.508 e. The van der Waals surface area contributed by atoms with E-state index in [1.807, 2.05) is 6.92 Å². The molecule has 1 aromatic rings. The van der Waals surface area contributed by atoms with E-state index in [1.54, 1.807) is 32.9 Å². The molecule has 36 heavy (non-hydrogen) atoms. The Morgan fingerprint density at radius 1 is 1.22 bits per heavy atom. The SMILES string of the molecule is CCCCCNC(=O)C(c1cccc(O)c1)N(C(=O)C(CC(N)=O)NC(=O)OC(C)(C)C)C1CC1C. The van der Waals surface area contributed by atoms with Gasteiger partial charge in [0.1, 0.15) is 23.4 Å². The van der Waals surface area contributed by atoms with Crippen LogP contribution in [0.15, 0.2) is 24.3 Å². The number of phenolic OH excluding ortho intramolecular Hbond substituents is 1. The van der Waals surface area contributed by atoms with E-state index >= 15 is 0 Å².